The minimum Gasteiger partial charge on any atom is -0.493 e. The summed E-state index contributed by atoms with van der Waals surface area (Å²) in [6.07, 6.45) is -2.72. The molecule has 30 heavy (non-hydrogen) atoms. The predicted molar refractivity (Wildman–Crippen MR) is 105 cm³/mol. The number of rotatable bonds is 7. The second-order valence-corrected chi connectivity index (χ2v) is 6.82. The number of amides is 1. The van der Waals surface area contributed by atoms with Crippen LogP contribution in [0.15, 0.2) is 42.5 Å². The zero-order chi connectivity index (χ0) is 21.7. The molecule has 1 aliphatic rings. The van der Waals surface area contributed by atoms with Crippen molar-refractivity contribution in [1.29, 1.82) is 0 Å². The van der Waals surface area contributed by atoms with Gasteiger partial charge < -0.3 is 15.0 Å². The highest BCUT2D eigenvalue weighted by atomic mass is 19.4. The first-order chi connectivity index (χ1) is 14.2. The number of nitrogens with one attached hydrogen (secondary N) is 1. The van der Waals surface area contributed by atoms with Gasteiger partial charge in [0.05, 0.1) is 34.9 Å². The molecule has 3 rings (SSSR count). The number of anilines is 2. The summed E-state index contributed by atoms with van der Waals surface area (Å²) in [6.45, 7) is 1.41. The third-order valence-electron chi connectivity index (χ3n) is 4.69. The van der Waals surface area contributed by atoms with Crippen molar-refractivity contribution in [1.82, 2.24) is 0 Å². The molecule has 1 heterocycles. The van der Waals surface area contributed by atoms with Crippen molar-refractivity contribution in [3.8, 4) is 5.75 Å². The van der Waals surface area contributed by atoms with Crippen LogP contribution in [0.1, 0.15) is 24.8 Å². The SMILES string of the molecule is O=C(CCOc1ccc([N+](=O)[O-])cc1)Nc1cc(C(F)(F)F)ccc1N1CCCC1. The van der Waals surface area contributed by atoms with Crippen LogP contribution in [-0.4, -0.2) is 30.5 Å². The van der Waals surface area contributed by atoms with E-state index < -0.39 is 22.6 Å². The topological polar surface area (TPSA) is 84.7 Å². The maximum atomic E-state index is 13.1. The fraction of sp³-hybridized carbons (Fsp3) is 0.350. The van der Waals surface area contributed by atoms with Crippen LogP contribution in [0.5, 0.6) is 5.75 Å². The van der Waals surface area contributed by atoms with Crippen molar-refractivity contribution in [3.05, 3.63) is 58.1 Å². The quantitative estimate of drug-likeness (QED) is 0.519. The first-order valence-corrected chi connectivity index (χ1v) is 9.37. The standard InChI is InChI=1S/C20H20F3N3O4/c21-20(22,23)14-3-8-18(25-10-1-2-11-25)17(13-14)24-19(27)9-12-30-16-6-4-15(5-7-16)26(28)29/h3-8,13H,1-2,9-12H2,(H,24,27). The Kier molecular flexibility index (Phi) is 6.43. The van der Waals surface area contributed by atoms with Gasteiger partial charge in [-0.3, -0.25) is 14.9 Å². The van der Waals surface area contributed by atoms with E-state index in [2.05, 4.69) is 5.32 Å². The summed E-state index contributed by atoms with van der Waals surface area (Å²) < 4.78 is 44.7. The molecule has 0 bridgehead atoms. The average Bonchev–Trinajstić information content (AvgIpc) is 3.22. The molecule has 0 aliphatic carbocycles. The van der Waals surface area contributed by atoms with E-state index in [1.807, 2.05) is 4.90 Å². The molecule has 1 amide bonds. The molecule has 7 nitrogen and oxygen atoms in total. The normalized spacial score (nSPS) is 13.9. The number of carbonyl (C=O) groups excluding carboxylic acids is 1. The van der Waals surface area contributed by atoms with Crippen LogP contribution in [0, 0.1) is 10.1 Å². The summed E-state index contributed by atoms with van der Waals surface area (Å²) in [6, 6.07) is 8.73. The van der Waals surface area contributed by atoms with Crippen LogP contribution in [0.4, 0.5) is 30.2 Å². The number of nitro groups is 1. The lowest BCUT2D eigenvalue weighted by atomic mass is 10.1. The van der Waals surface area contributed by atoms with Gasteiger partial charge in [-0.15, -0.1) is 0 Å². The molecule has 160 valence electrons. The van der Waals surface area contributed by atoms with Crippen molar-refractivity contribution in [2.75, 3.05) is 29.9 Å². The van der Waals surface area contributed by atoms with E-state index in [1.54, 1.807) is 0 Å². The van der Waals surface area contributed by atoms with Crippen molar-refractivity contribution in [3.63, 3.8) is 0 Å². The van der Waals surface area contributed by atoms with Gasteiger partial charge in [0.2, 0.25) is 5.91 Å². The lowest BCUT2D eigenvalue weighted by molar-refractivity contribution is -0.384. The largest absolute Gasteiger partial charge is 0.493 e. The lowest BCUT2D eigenvalue weighted by Gasteiger charge is -2.23. The van der Waals surface area contributed by atoms with Crippen LogP contribution >= 0.6 is 0 Å². The summed E-state index contributed by atoms with van der Waals surface area (Å²) in [4.78, 5) is 24.3. The van der Waals surface area contributed by atoms with Crippen LogP contribution < -0.4 is 15.0 Å². The molecule has 0 saturated carbocycles. The van der Waals surface area contributed by atoms with Gasteiger partial charge in [0.15, 0.2) is 0 Å². The number of halogens is 3. The molecule has 10 heteroatoms. The Morgan fingerprint density at radius 2 is 1.80 bits per heavy atom. The molecule has 0 spiro atoms. The Hall–Kier alpha value is -3.30. The van der Waals surface area contributed by atoms with Crippen molar-refractivity contribution in [2.45, 2.75) is 25.4 Å². The van der Waals surface area contributed by atoms with Crippen LogP contribution in [-0.2, 0) is 11.0 Å². The second kappa shape index (κ2) is 9.02. The Labute approximate surface area is 170 Å². The zero-order valence-electron chi connectivity index (χ0n) is 15.9. The molecule has 1 N–H and O–H groups in total. The summed E-state index contributed by atoms with van der Waals surface area (Å²) in [5, 5.41) is 13.2. The number of non-ortho nitro benzene ring substituents is 1. The number of alkyl halides is 3. The Balaban J connectivity index is 1.63. The van der Waals surface area contributed by atoms with Gasteiger partial charge in [-0.25, -0.2) is 0 Å². The van der Waals surface area contributed by atoms with E-state index in [0.717, 1.165) is 38.1 Å². The number of benzene rings is 2. The third-order valence-corrected chi connectivity index (χ3v) is 4.69. The molecule has 1 saturated heterocycles. The molecule has 0 atom stereocenters. The predicted octanol–water partition coefficient (Wildman–Crippen LogP) is 4.62. The smallest absolute Gasteiger partial charge is 0.416 e. The fourth-order valence-electron chi connectivity index (χ4n) is 3.18. The van der Waals surface area contributed by atoms with Crippen LogP contribution in [0.2, 0.25) is 0 Å². The Morgan fingerprint density at radius 1 is 1.13 bits per heavy atom. The molecule has 0 radical (unpaired) electrons. The van der Waals surface area contributed by atoms with Gasteiger partial charge in [0.25, 0.3) is 5.69 Å². The first kappa shape index (κ1) is 21.4. The van der Waals surface area contributed by atoms with Crippen molar-refractivity contribution >= 4 is 23.0 Å². The molecule has 0 aromatic heterocycles. The highest BCUT2D eigenvalue weighted by Gasteiger charge is 2.32. The fourth-order valence-corrected chi connectivity index (χ4v) is 3.18. The van der Waals surface area contributed by atoms with Crippen LogP contribution in [0.25, 0.3) is 0 Å². The van der Waals surface area contributed by atoms with Gasteiger partial charge in [-0.1, -0.05) is 0 Å². The summed E-state index contributed by atoms with van der Waals surface area (Å²) in [7, 11) is 0. The molecular formula is C20H20F3N3O4. The van der Waals surface area contributed by atoms with Crippen molar-refractivity contribution < 1.29 is 27.6 Å². The van der Waals surface area contributed by atoms with Gasteiger partial charge in [-0.2, -0.15) is 13.2 Å². The van der Waals surface area contributed by atoms with E-state index in [0.29, 0.717) is 11.4 Å². The minimum atomic E-state index is -4.51. The van der Waals surface area contributed by atoms with Gasteiger partial charge in [0.1, 0.15) is 5.75 Å². The summed E-state index contributed by atoms with van der Waals surface area (Å²) in [5.41, 5.74) is -0.237. The molecule has 2 aromatic carbocycles. The lowest BCUT2D eigenvalue weighted by Crippen LogP contribution is -2.22. The number of nitro benzene ring substituents is 1. The maximum Gasteiger partial charge on any atom is 0.416 e. The van der Waals surface area contributed by atoms with Crippen LogP contribution in [0.3, 0.4) is 0 Å². The number of ether oxygens (including phenoxy) is 1. The molecular weight excluding hydrogens is 403 g/mol. The summed E-state index contributed by atoms with van der Waals surface area (Å²) in [5.74, 6) is -0.137. The van der Waals surface area contributed by atoms with Gasteiger partial charge in [-0.05, 0) is 43.2 Å². The molecule has 2 aromatic rings. The van der Waals surface area contributed by atoms with Gasteiger partial charge in [0, 0.05) is 25.2 Å². The van der Waals surface area contributed by atoms with E-state index in [1.165, 1.54) is 30.3 Å². The molecule has 1 fully saturated rings. The zero-order valence-corrected chi connectivity index (χ0v) is 15.9. The Bertz CT molecular complexity index is 911. The monoisotopic (exact) mass is 423 g/mol. The Morgan fingerprint density at radius 3 is 2.40 bits per heavy atom. The number of hydrogen-bond acceptors (Lipinski definition) is 5. The number of carbonyl (C=O) groups is 1. The van der Waals surface area contributed by atoms with E-state index in [-0.39, 0.29) is 24.4 Å². The maximum absolute atomic E-state index is 13.1. The number of hydrogen-bond donors (Lipinski definition) is 1. The van der Waals surface area contributed by atoms with E-state index in [9.17, 15) is 28.1 Å². The average molecular weight is 423 g/mol. The van der Waals surface area contributed by atoms with E-state index in [4.69, 9.17) is 4.74 Å². The molecule has 0 unspecified atom stereocenters. The number of nitrogens with zero attached hydrogens (tertiary/aromatic N) is 2. The third kappa shape index (κ3) is 5.40. The minimum absolute atomic E-state index is 0.0261. The first-order valence-electron chi connectivity index (χ1n) is 9.37. The summed E-state index contributed by atoms with van der Waals surface area (Å²) >= 11 is 0. The molecule has 1 aliphatic heterocycles. The second-order valence-electron chi connectivity index (χ2n) is 6.82. The highest BCUT2D eigenvalue weighted by molar-refractivity contribution is 5.94. The van der Waals surface area contributed by atoms with E-state index >= 15 is 0 Å². The highest BCUT2D eigenvalue weighted by Crippen LogP contribution is 2.36. The van der Waals surface area contributed by atoms with Gasteiger partial charge >= 0.3 is 6.18 Å². The van der Waals surface area contributed by atoms with Crippen molar-refractivity contribution in [2.24, 2.45) is 0 Å².